The monoisotopic (exact) mass is 379 g/mol. The quantitative estimate of drug-likeness (QED) is 0.609. The van der Waals surface area contributed by atoms with E-state index in [1.807, 2.05) is 29.2 Å². The highest BCUT2D eigenvalue weighted by molar-refractivity contribution is 7.99. The number of hydrogen-bond acceptors (Lipinski definition) is 3. The Balaban J connectivity index is 1.53. The summed E-state index contributed by atoms with van der Waals surface area (Å²) in [6.07, 6.45) is 4.74. The molecule has 27 heavy (non-hydrogen) atoms. The van der Waals surface area contributed by atoms with Gasteiger partial charge in [-0.05, 0) is 30.5 Å². The van der Waals surface area contributed by atoms with Crippen LogP contribution in [-0.4, -0.2) is 39.2 Å². The van der Waals surface area contributed by atoms with Crippen molar-refractivity contribution in [2.24, 2.45) is 0 Å². The molecule has 3 aromatic rings. The van der Waals surface area contributed by atoms with Crippen molar-refractivity contribution in [2.45, 2.75) is 37.4 Å². The van der Waals surface area contributed by atoms with Gasteiger partial charge in [-0.25, -0.2) is 4.98 Å². The number of hydrogen-bond donors (Lipinski definition) is 0. The number of carbonyl (C=O) groups is 1. The molecule has 0 unspecified atom stereocenters. The van der Waals surface area contributed by atoms with Crippen molar-refractivity contribution in [3.63, 3.8) is 0 Å². The predicted octanol–water partition coefficient (Wildman–Crippen LogP) is 4.58. The minimum absolute atomic E-state index is 0.236. The van der Waals surface area contributed by atoms with Crippen molar-refractivity contribution in [3.05, 3.63) is 60.2 Å². The lowest BCUT2D eigenvalue weighted by molar-refractivity contribution is -0.128. The Morgan fingerprint density at radius 2 is 1.63 bits per heavy atom. The van der Waals surface area contributed by atoms with Crippen molar-refractivity contribution in [1.29, 1.82) is 0 Å². The van der Waals surface area contributed by atoms with Gasteiger partial charge in [-0.3, -0.25) is 4.79 Å². The molecule has 2 heterocycles. The third-order valence-electron chi connectivity index (χ3n) is 5.09. The molecule has 2 aromatic carbocycles. The zero-order chi connectivity index (χ0) is 18.5. The van der Waals surface area contributed by atoms with Gasteiger partial charge in [0.1, 0.15) is 0 Å². The normalized spacial score (nSPS) is 15.0. The van der Waals surface area contributed by atoms with Crippen LogP contribution in [0.3, 0.4) is 0 Å². The number of aromatic nitrogens is 2. The molecule has 0 atom stereocenters. The van der Waals surface area contributed by atoms with Crippen LogP contribution in [0.1, 0.15) is 31.2 Å². The highest BCUT2D eigenvalue weighted by atomic mass is 32.2. The van der Waals surface area contributed by atoms with Gasteiger partial charge in [0.25, 0.3) is 0 Å². The summed E-state index contributed by atoms with van der Waals surface area (Å²) in [6.45, 7) is 2.57. The first-order chi connectivity index (χ1) is 13.3. The largest absolute Gasteiger partial charge is 0.342 e. The molecule has 0 saturated carbocycles. The van der Waals surface area contributed by atoms with Crippen LogP contribution in [-0.2, 0) is 11.3 Å². The molecule has 0 bridgehead atoms. The van der Waals surface area contributed by atoms with Crippen molar-refractivity contribution in [2.75, 3.05) is 18.8 Å². The second-order valence-corrected chi connectivity index (χ2v) is 7.98. The van der Waals surface area contributed by atoms with Crippen LogP contribution in [0.2, 0.25) is 0 Å². The summed E-state index contributed by atoms with van der Waals surface area (Å²) < 4.78 is 2.23. The predicted molar refractivity (Wildman–Crippen MR) is 111 cm³/mol. The molecule has 4 rings (SSSR count). The van der Waals surface area contributed by atoms with Gasteiger partial charge in [-0.15, -0.1) is 0 Å². The highest BCUT2D eigenvalue weighted by Crippen LogP contribution is 2.26. The molecule has 140 valence electrons. The number of fused-ring (bicyclic) bond motifs is 1. The summed E-state index contributed by atoms with van der Waals surface area (Å²) >= 11 is 1.56. The lowest BCUT2D eigenvalue weighted by Gasteiger charge is -2.20. The number of carbonyl (C=O) groups excluding carboxylic acids is 1. The maximum absolute atomic E-state index is 12.7. The molecular weight excluding hydrogens is 354 g/mol. The van der Waals surface area contributed by atoms with E-state index in [2.05, 4.69) is 34.9 Å². The number of likely N-dealkylation sites (tertiary alicyclic amines) is 1. The molecule has 1 saturated heterocycles. The summed E-state index contributed by atoms with van der Waals surface area (Å²) in [5, 5.41) is 0.920. The third-order valence-corrected chi connectivity index (χ3v) is 6.05. The zero-order valence-corrected chi connectivity index (χ0v) is 16.3. The Kier molecular flexibility index (Phi) is 5.78. The van der Waals surface area contributed by atoms with Crippen molar-refractivity contribution in [1.82, 2.24) is 14.5 Å². The van der Waals surface area contributed by atoms with E-state index in [9.17, 15) is 4.79 Å². The first kappa shape index (κ1) is 18.1. The van der Waals surface area contributed by atoms with Gasteiger partial charge in [-0.1, -0.05) is 67.1 Å². The van der Waals surface area contributed by atoms with Crippen LogP contribution in [0.25, 0.3) is 11.0 Å². The van der Waals surface area contributed by atoms with E-state index in [4.69, 9.17) is 4.98 Å². The number of para-hydroxylation sites is 2. The minimum atomic E-state index is 0.236. The van der Waals surface area contributed by atoms with Gasteiger partial charge in [0.05, 0.1) is 23.3 Å². The molecule has 1 amide bonds. The van der Waals surface area contributed by atoms with E-state index < -0.39 is 0 Å². The smallest absolute Gasteiger partial charge is 0.233 e. The SMILES string of the molecule is O=C(CSc1nc2ccccc2n1Cc1ccccc1)N1CCCCCC1. The Hall–Kier alpha value is -2.27. The molecule has 1 aromatic heterocycles. The first-order valence-electron chi connectivity index (χ1n) is 9.71. The maximum Gasteiger partial charge on any atom is 0.233 e. The second kappa shape index (κ2) is 8.61. The Labute approximate surface area is 164 Å². The van der Waals surface area contributed by atoms with Gasteiger partial charge in [0.2, 0.25) is 5.91 Å². The van der Waals surface area contributed by atoms with Gasteiger partial charge < -0.3 is 9.47 Å². The van der Waals surface area contributed by atoms with Crippen LogP contribution < -0.4 is 0 Å². The number of rotatable bonds is 5. The highest BCUT2D eigenvalue weighted by Gasteiger charge is 2.18. The van der Waals surface area contributed by atoms with Gasteiger partial charge >= 0.3 is 0 Å². The van der Waals surface area contributed by atoms with Crippen LogP contribution in [0.5, 0.6) is 0 Å². The van der Waals surface area contributed by atoms with Crippen LogP contribution >= 0.6 is 11.8 Å². The average molecular weight is 380 g/mol. The van der Waals surface area contributed by atoms with Gasteiger partial charge in [-0.2, -0.15) is 0 Å². The van der Waals surface area contributed by atoms with Crippen LogP contribution in [0.4, 0.5) is 0 Å². The summed E-state index contributed by atoms with van der Waals surface area (Å²) in [5.74, 6) is 0.693. The fourth-order valence-electron chi connectivity index (χ4n) is 3.62. The van der Waals surface area contributed by atoms with E-state index in [1.54, 1.807) is 11.8 Å². The van der Waals surface area contributed by atoms with Crippen LogP contribution in [0, 0.1) is 0 Å². The minimum Gasteiger partial charge on any atom is -0.342 e. The lowest BCUT2D eigenvalue weighted by Crippen LogP contribution is -2.33. The number of nitrogens with zero attached hydrogens (tertiary/aromatic N) is 3. The summed E-state index contributed by atoms with van der Waals surface area (Å²) in [7, 11) is 0. The fourth-order valence-corrected chi connectivity index (χ4v) is 4.54. The molecule has 4 nitrogen and oxygen atoms in total. The number of amides is 1. The Morgan fingerprint density at radius 3 is 2.41 bits per heavy atom. The molecule has 1 fully saturated rings. The molecule has 0 spiro atoms. The van der Waals surface area contributed by atoms with Crippen molar-refractivity contribution >= 4 is 28.7 Å². The van der Waals surface area contributed by atoms with E-state index in [0.717, 1.165) is 48.7 Å². The first-order valence-corrected chi connectivity index (χ1v) is 10.7. The summed E-state index contributed by atoms with van der Waals surface area (Å²) in [5.41, 5.74) is 3.34. The maximum atomic E-state index is 12.7. The molecule has 1 aliphatic heterocycles. The van der Waals surface area contributed by atoms with Crippen molar-refractivity contribution in [3.8, 4) is 0 Å². The van der Waals surface area contributed by atoms with E-state index in [-0.39, 0.29) is 5.91 Å². The second-order valence-electron chi connectivity index (χ2n) is 7.04. The van der Waals surface area contributed by atoms with E-state index in [1.165, 1.54) is 18.4 Å². The molecular formula is C22H25N3OS. The van der Waals surface area contributed by atoms with E-state index in [0.29, 0.717) is 5.75 Å². The average Bonchev–Trinajstić information content (AvgIpc) is 2.87. The standard InChI is InChI=1S/C22H25N3OS/c26-21(24-14-8-1-2-9-15-24)17-27-22-23-19-12-6-7-13-20(19)25(22)16-18-10-4-3-5-11-18/h3-7,10-13H,1-2,8-9,14-17H2. The number of imidazole rings is 1. The third kappa shape index (κ3) is 4.35. The topological polar surface area (TPSA) is 38.1 Å². The number of benzene rings is 2. The summed E-state index contributed by atoms with van der Waals surface area (Å²) in [4.78, 5) is 19.5. The Bertz CT molecular complexity index is 898. The molecule has 0 aliphatic carbocycles. The van der Waals surface area contributed by atoms with E-state index >= 15 is 0 Å². The van der Waals surface area contributed by atoms with Gasteiger partial charge in [0, 0.05) is 13.1 Å². The summed E-state index contributed by atoms with van der Waals surface area (Å²) in [6, 6.07) is 18.6. The fraction of sp³-hybridized carbons (Fsp3) is 0.364. The molecule has 0 radical (unpaired) electrons. The lowest BCUT2D eigenvalue weighted by atomic mass is 10.2. The Morgan fingerprint density at radius 1 is 0.926 bits per heavy atom. The van der Waals surface area contributed by atoms with Gasteiger partial charge in [0.15, 0.2) is 5.16 Å². The molecule has 1 aliphatic rings. The molecule has 5 heteroatoms. The van der Waals surface area contributed by atoms with Crippen LogP contribution in [0.15, 0.2) is 59.8 Å². The molecule has 0 N–H and O–H groups in total. The van der Waals surface area contributed by atoms with Crippen molar-refractivity contribution < 1.29 is 4.79 Å². The number of thioether (sulfide) groups is 1. The zero-order valence-electron chi connectivity index (χ0n) is 15.5.